The lowest BCUT2D eigenvalue weighted by atomic mass is 9.87. The molecule has 20 heteroatoms. The molecule has 420 valence electrons. The lowest BCUT2D eigenvalue weighted by Gasteiger charge is -2.24. The molecule has 4 atom stereocenters. The van der Waals surface area contributed by atoms with Gasteiger partial charge in [-0.15, -0.1) is 0 Å². The molecule has 20 nitrogen and oxygen atoms in total. The van der Waals surface area contributed by atoms with Gasteiger partial charge in [-0.05, 0) is 85.1 Å². The van der Waals surface area contributed by atoms with Gasteiger partial charge in [-0.3, -0.25) is 28.9 Å². The highest BCUT2D eigenvalue weighted by molar-refractivity contribution is 6.12. The molecule has 5 heterocycles. The number of rotatable bonds is 23. The van der Waals surface area contributed by atoms with Gasteiger partial charge >= 0.3 is 0 Å². The summed E-state index contributed by atoms with van der Waals surface area (Å²) in [6.07, 6.45) is 20.5. The fraction of sp³-hybridized carbons (Fsp3) is 0.383. The SMILES string of the molecule is COc1ccc(C2=CC=C3C(C2)Cn2cc(OCCCOc4cn5c(c4OC)C=[N+]([O-])C4=CC=C(c6cccc(NC(=O)C(C)NC(=O)C(NC(=O)CCCCCN7C(=O)C=CC7=O)C(C)C)c6)CC4C5)c(OC)c2C=[N+]3[O-])cc1. The minimum absolute atomic E-state index is 0.0688. The molecule has 4 aromatic rings. The molecule has 5 aliphatic rings. The zero-order valence-corrected chi connectivity index (χ0v) is 45.9. The van der Waals surface area contributed by atoms with Crippen LogP contribution in [0.1, 0.15) is 88.2 Å². The standard InChI is InChI=1S/C60H68N8O12/c1-37(2)56(63-53(69)14-8-7-9-25-66-54(70)23-24-55(66)71)60(73)61-38(3)59(72)62-45-13-10-12-40(30-45)42-18-22-48-44(29-42)32-65-36-52(58(78-6)50(65)34-68(48)75)80-27-11-26-79-51-35-64-31-43-28-41(39-15-19-46(76-4)20-16-39)17-21-47(43)67(74)33-49(64)57(51)77-5/h10,12-13,15-24,30,33-38,43-44,56H,7-9,11,14,25-29,31-32H2,1-6H3,(H,61,73)(H,62,72)(H,63,69). The summed E-state index contributed by atoms with van der Waals surface area (Å²) in [5.74, 6) is 0.222. The minimum Gasteiger partial charge on any atom is -0.618 e. The fourth-order valence-corrected chi connectivity index (χ4v) is 10.7. The van der Waals surface area contributed by atoms with E-state index in [9.17, 15) is 34.4 Å². The number of methoxy groups -OCH3 is 3. The average Bonchev–Trinajstić information content (AvgIpc) is 4.06. The number of hydrogen-bond acceptors (Lipinski definition) is 12. The van der Waals surface area contributed by atoms with Gasteiger partial charge in [0.05, 0.1) is 58.8 Å². The largest absolute Gasteiger partial charge is 0.618 e. The van der Waals surface area contributed by atoms with Crippen molar-refractivity contribution in [2.45, 2.75) is 90.9 Å². The predicted molar refractivity (Wildman–Crippen MR) is 300 cm³/mol. The first kappa shape index (κ1) is 55.9. The average molecular weight is 1090 g/mol. The molecular weight excluding hydrogens is 1020 g/mol. The Hall–Kier alpha value is -8.81. The summed E-state index contributed by atoms with van der Waals surface area (Å²) in [5, 5.41) is 35.7. The molecule has 0 saturated carbocycles. The summed E-state index contributed by atoms with van der Waals surface area (Å²) < 4.78 is 35.3. The van der Waals surface area contributed by atoms with Crippen LogP contribution in [0.3, 0.4) is 0 Å². The molecule has 0 bridgehead atoms. The van der Waals surface area contributed by atoms with Crippen LogP contribution < -0.4 is 39.6 Å². The topological polar surface area (TPSA) is 233 Å². The smallest absolute Gasteiger partial charge is 0.253 e. The van der Waals surface area contributed by atoms with Crippen LogP contribution in [-0.4, -0.2) is 119 Å². The van der Waals surface area contributed by atoms with Gasteiger partial charge < -0.3 is 59.2 Å². The molecule has 4 unspecified atom stereocenters. The van der Waals surface area contributed by atoms with Crippen LogP contribution in [-0.2, 0) is 37.1 Å². The van der Waals surface area contributed by atoms with Gasteiger partial charge in [0.25, 0.3) is 11.8 Å². The Kier molecular flexibility index (Phi) is 17.4. The number of amides is 5. The van der Waals surface area contributed by atoms with E-state index in [1.807, 2.05) is 88.3 Å². The molecule has 0 fully saturated rings. The highest BCUT2D eigenvalue weighted by Crippen LogP contribution is 2.41. The van der Waals surface area contributed by atoms with Crippen LogP contribution in [0.15, 0.2) is 109 Å². The third-order valence-corrected chi connectivity index (χ3v) is 15.0. The van der Waals surface area contributed by atoms with Crippen molar-refractivity contribution in [3.8, 4) is 28.7 Å². The summed E-state index contributed by atoms with van der Waals surface area (Å²) in [5.41, 5.74) is 7.01. The Bertz CT molecular complexity index is 3250. The van der Waals surface area contributed by atoms with Gasteiger partial charge in [-0.1, -0.05) is 56.7 Å². The summed E-state index contributed by atoms with van der Waals surface area (Å²) in [4.78, 5) is 64.4. The van der Waals surface area contributed by atoms with Crippen LogP contribution in [0.2, 0.25) is 0 Å². The number of anilines is 1. The second-order valence-corrected chi connectivity index (χ2v) is 20.7. The van der Waals surface area contributed by atoms with Gasteiger partial charge in [0, 0.05) is 62.5 Å². The van der Waals surface area contributed by atoms with Crippen LogP contribution in [0.5, 0.6) is 28.7 Å². The molecule has 2 aromatic carbocycles. The van der Waals surface area contributed by atoms with Gasteiger partial charge in [-0.25, -0.2) is 0 Å². The van der Waals surface area contributed by atoms with E-state index in [1.165, 1.54) is 23.3 Å². The summed E-state index contributed by atoms with van der Waals surface area (Å²) in [7, 11) is 4.74. The maximum absolute atomic E-state index is 13.7. The first-order valence-corrected chi connectivity index (χ1v) is 27.1. The van der Waals surface area contributed by atoms with Crippen molar-refractivity contribution in [2.24, 2.45) is 17.8 Å². The highest BCUT2D eigenvalue weighted by atomic mass is 16.5. The zero-order valence-electron chi connectivity index (χ0n) is 45.9. The molecule has 0 radical (unpaired) electrons. The number of carbonyl (C=O) groups is 5. The third-order valence-electron chi connectivity index (χ3n) is 15.0. The molecule has 0 saturated heterocycles. The number of aromatic nitrogens is 2. The summed E-state index contributed by atoms with van der Waals surface area (Å²) in [6.45, 7) is 7.06. The number of imide groups is 1. The molecular formula is C60H68N8O12. The van der Waals surface area contributed by atoms with E-state index < -0.39 is 23.9 Å². The van der Waals surface area contributed by atoms with Crippen LogP contribution in [0.4, 0.5) is 5.69 Å². The van der Waals surface area contributed by atoms with E-state index in [1.54, 1.807) is 54.4 Å². The Labute approximate surface area is 464 Å². The number of hydrogen-bond donors (Lipinski definition) is 3. The zero-order chi connectivity index (χ0) is 56.6. The molecule has 3 N–H and O–H groups in total. The number of unbranched alkanes of at least 4 members (excludes halogenated alkanes) is 2. The lowest BCUT2D eigenvalue weighted by molar-refractivity contribution is -0.404. The molecule has 5 amide bonds. The number of nitrogens with zero attached hydrogens (tertiary/aromatic N) is 5. The van der Waals surface area contributed by atoms with E-state index in [-0.39, 0.29) is 55.0 Å². The van der Waals surface area contributed by atoms with Crippen molar-refractivity contribution in [3.63, 3.8) is 0 Å². The van der Waals surface area contributed by atoms with Crippen molar-refractivity contribution >= 4 is 58.8 Å². The van der Waals surface area contributed by atoms with E-state index in [4.69, 9.17) is 23.7 Å². The van der Waals surface area contributed by atoms with E-state index >= 15 is 0 Å². The van der Waals surface area contributed by atoms with Crippen molar-refractivity contribution in [3.05, 3.63) is 142 Å². The number of hydroxylamine groups is 2. The fourth-order valence-electron chi connectivity index (χ4n) is 10.7. The Balaban J connectivity index is 0.756. The maximum Gasteiger partial charge on any atom is 0.253 e. The van der Waals surface area contributed by atoms with E-state index in [0.29, 0.717) is 110 Å². The summed E-state index contributed by atoms with van der Waals surface area (Å²) >= 11 is 0. The number of benzene rings is 2. The second kappa shape index (κ2) is 24.9. The van der Waals surface area contributed by atoms with E-state index in [2.05, 4.69) is 16.0 Å². The molecule has 80 heavy (non-hydrogen) atoms. The van der Waals surface area contributed by atoms with Gasteiger partial charge in [-0.2, -0.15) is 9.48 Å². The van der Waals surface area contributed by atoms with Crippen LogP contribution >= 0.6 is 0 Å². The monoisotopic (exact) mass is 1090 g/mol. The number of nitrogens with one attached hydrogen (secondary N) is 3. The van der Waals surface area contributed by atoms with Crippen LogP contribution in [0, 0.1) is 28.2 Å². The molecule has 9 rings (SSSR count). The predicted octanol–water partition coefficient (Wildman–Crippen LogP) is 7.09. The quantitative estimate of drug-likeness (QED) is 0.0292. The van der Waals surface area contributed by atoms with E-state index in [0.717, 1.165) is 37.5 Å². The van der Waals surface area contributed by atoms with Gasteiger partial charge in [0.2, 0.25) is 30.2 Å². The number of ether oxygens (including phenoxy) is 5. The van der Waals surface area contributed by atoms with Gasteiger partial charge in [0.1, 0.15) is 17.8 Å². The highest BCUT2D eigenvalue weighted by Gasteiger charge is 2.35. The maximum atomic E-state index is 13.7. The molecule has 3 aliphatic heterocycles. The number of fused-ring (bicyclic) bond motifs is 4. The molecule has 0 spiro atoms. The number of allylic oxidation sites excluding steroid dienone is 8. The van der Waals surface area contributed by atoms with Crippen molar-refractivity contribution < 1.29 is 57.1 Å². The van der Waals surface area contributed by atoms with Crippen molar-refractivity contribution in [2.75, 3.05) is 46.4 Å². The Morgan fingerprint density at radius 3 is 1.80 bits per heavy atom. The van der Waals surface area contributed by atoms with Crippen molar-refractivity contribution in [1.82, 2.24) is 24.7 Å². The summed E-state index contributed by atoms with van der Waals surface area (Å²) in [6, 6.07) is 13.5. The van der Waals surface area contributed by atoms with Gasteiger partial charge in [0.15, 0.2) is 45.8 Å². The van der Waals surface area contributed by atoms with Crippen molar-refractivity contribution in [1.29, 1.82) is 0 Å². The molecule has 2 aliphatic carbocycles. The minimum atomic E-state index is -0.936. The second-order valence-electron chi connectivity index (χ2n) is 20.7. The first-order valence-electron chi connectivity index (χ1n) is 27.1. The Morgan fingerprint density at radius 2 is 1.25 bits per heavy atom. The lowest BCUT2D eigenvalue weighted by Crippen LogP contribution is -2.53. The van der Waals surface area contributed by atoms with Crippen LogP contribution in [0.25, 0.3) is 11.1 Å². The molecule has 2 aromatic heterocycles. The first-order chi connectivity index (χ1) is 38.6. The third kappa shape index (κ3) is 12.5. The number of carbonyl (C=O) groups excluding carboxylic acids is 5. The Morgan fingerprint density at radius 1 is 0.675 bits per heavy atom. The normalized spacial score (nSPS) is 18.0.